The number of aromatic amines is 1. The van der Waals surface area contributed by atoms with E-state index >= 15 is 0 Å². The molecule has 0 spiro atoms. The van der Waals surface area contributed by atoms with Crippen LogP contribution in [0.5, 0.6) is 0 Å². The van der Waals surface area contributed by atoms with Gasteiger partial charge in [-0.05, 0) is 37.8 Å². The van der Waals surface area contributed by atoms with Crippen LogP contribution < -0.4 is 9.88 Å². The molecule has 1 saturated heterocycles. The van der Waals surface area contributed by atoms with Crippen molar-refractivity contribution in [1.29, 1.82) is 0 Å². The van der Waals surface area contributed by atoms with Crippen LogP contribution in [0.1, 0.15) is 25.7 Å². The molecule has 1 N–H and O–H groups in total. The van der Waals surface area contributed by atoms with E-state index in [1.54, 1.807) is 0 Å². The number of anilines is 1. The number of rotatable bonds is 1. The van der Waals surface area contributed by atoms with Gasteiger partial charge in [-0.1, -0.05) is 36.4 Å². The summed E-state index contributed by atoms with van der Waals surface area (Å²) in [5, 5.41) is 4.01. The SMILES string of the molecule is c1ccc2c(c1)[nH+]c(N1CCCCCC1)c1ccccc12. The summed E-state index contributed by atoms with van der Waals surface area (Å²) in [7, 11) is 0. The fourth-order valence-corrected chi connectivity index (χ4v) is 3.49. The van der Waals surface area contributed by atoms with E-state index in [4.69, 9.17) is 0 Å². The summed E-state index contributed by atoms with van der Waals surface area (Å²) in [4.78, 5) is 6.24. The minimum Gasteiger partial charge on any atom is -0.261 e. The summed E-state index contributed by atoms with van der Waals surface area (Å²) >= 11 is 0. The van der Waals surface area contributed by atoms with E-state index in [1.807, 2.05) is 0 Å². The lowest BCUT2D eigenvalue weighted by molar-refractivity contribution is -0.328. The summed E-state index contributed by atoms with van der Waals surface area (Å²) in [5.41, 5.74) is 1.23. The highest BCUT2D eigenvalue weighted by atomic mass is 15.2. The monoisotopic (exact) mass is 277 g/mol. The van der Waals surface area contributed by atoms with Crippen LogP contribution in [0.2, 0.25) is 0 Å². The number of aromatic nitrogens is 1. The third-order valence-corrected chi connectivity index (χ3v) is 4.57. The molecule has 0 amide bonds. The van der Waals surface area contributed by atoms with Gasteiger partial charge in [0.25, 0.3) is 5.82 Å². The van der Waals surface area contributed by atoms with E-state index in [-0.39, 0.29) is 0 Å². The molecule has 0 radical (unpaired) electrons. The Bertz CT molecular complexity index is 771. The summed E-state index contributed by atoms with van der Waals surface area (Å²) in [6, 6.07) is 17.4. The molecule has 0 bridgehead atoms. The molecule has 0 unspecified atom stereocenters. The van der Waals surface area contributed by atoms with Crippen molar-refractivity contribution in [3.63, 3.8) is 0 Å². The fourth-order valence-electron chi connectivity index (χ4n) is 3.49. The van der Waals surface area contributed by atoms with E-state index in [0.29, 0.717) is 0 Å². The zero-order valence-electron chi connectivity index (χ0n) is 12.3. The second kappa shape index (κ2) is 5.36. The third-order valence-electron chi connectivity index (χ3n) is 4.57. The molecule has 3 aromatic rings. The minimum absolute atomic E-state index is 1.17. The highest BCUT2D eigenvalue weighted by molar-refractivity contribution is 6.07. The molecule has 2 aromatic carbocycles. The van der Waals surface area contributed by atoms with Crippen LogP contribution >= 0.6 is 0 Å². The Morgan fingerprint density at radius 1 is 0.667 bits per heavy atom. The maximum atomic E-state index is 3.69. The molecule has 1 fully saturated rings. The van der Waals surface area contributed by atoms with Crippen molar-refractivity contribution in [3.8, 4) is 0 Å². The van der Waals surface area contributed by atoms with Crippen LogP contribution in [-0.2, 0) is 0 Å². The van der Waals surface area contributed by atoms with Crippen LogP contribution in [-0.4, -0.2) is 13.1 Å². The van der Waals surface area contributed by atoms with Crippen LogP contribution in [0.15, 0.2) is 48.5 Å². The Hall–Kier alpha value is -2.09. The number of pyridine rings is 1. The van der Waals surface area contributed by atoms with E-state index in [1.165, 1.54) is 66.3 Å². The Labute approximate surface area is 125 Å². The van der Waals surface area contributed by atoms with Crippen LogP contribution in [0.25, 0.3) is 21.7 Å². The first-order chi connectivity index (χ1) is 10.4. The van der Waals surface area contributed by atoms with Gasteiger partial charge in [0, 0.05) is 10.8 Å². The molecule has 0 saturated carbocycles. The Morgan fingerprint density at radius 3 is 2.05 bits per heavy atom. The Morgan fingerprint density at radius 2 is 1.29 bits per heavy atom. The molecule has 21 heavy (non-hydrogen) atoms. The van der Waals surface area contributed by atoms with Crippen molar-refractivity contribution in [3.05, 3.63) is 48.5 Å². The zero-order chi connectivity index (χ0) is 14.1. The van der Waals surface area contributed by atoms with Crippen molar-refractivity contribution in [2.45, 2.75) is 25.7 Å². The summed E-state index contributed by atoms with van der Waals surface area (Å²) in [5.74, 6) is 1.30. The quantitative estimate of drug-likeness (QED) is 0.610. The molecular weight excluding hydrogens is 256 g/mol. The van der Waals surface area contributed by atoms with Crippen molar-refractivity contribution in [2.75, 3.05) is 18.0 Å². The first kappa shape index (κ1) is 12.6. The number of nitrogens with one attached hydrogen (secondary N) is 1. The molecule has 2 heterocycles. The van der Waals surface area contributed by atoms with E-state index < -0.39 is 0 Å². The Kier molecular flexibility index (Phi) is 3.23. The average Bonchev–Trinajstić information content (AvgIpc) is 2.83. The second-order valence-electron chi connectivity index (χ2n) is 5.97. The van der Waals surface area contributed by atoms with Gasteiger partial charge in [-0.25, -0.2) is 4.98 Å². The number of hydrogen-bond donors (Lipinski definition) is 0. The van der Waals surface area contributed by atoms with Gasteiger partial charge < -0.3 is 0 Å². The lowest BCUT2D eigenvalue weighted by atomic mass is 10.1. The highest BCUT2D eigenvalue weighted by Crippen LogP contribution is 2.29. The van der Waals surface area contributed by atoms with E-state index in [9.17, 15) is 0 Å². The van der Waals surface area contributed by atoms with Crippen LogP contribution in [0.3, 0.4) is 0 Å². The molecule has 4 rings (SSSR count). The maximum Gasteiger partial charge on any atom is 0.282 e. The van der Waals surface area contributed by atoms with Gasteiger partial charge in [-0.3, -0.25) is 4.90 Å². The number of H-pyrrole nitrogens is 1. The predicted molar refractivity (Wildman–Crippen MR) is 88.7 cm³/mol. The molecular formula is C19H21N2+. The van der Waals surface area contributed by atoms with Gasteiger partial charge in [-0.2, -0.15) is 0 Å². The van der Waals surface area contributed by atoms with Gasteiger partial charge in [-0.15, -0.1) is 0 Å². The summed E-state index contributed by atoms with van der Waals surface area (Å²) in [6.45, 7) is 2.33. The van der Waals surface area contributed by atoms with E-state index in [0.717, 1.165) is 0 Å². The molecule has 1 aliphatic heterocycles. The predicted octanol–water partition coefficient (Wildman–Crippen LogP) is 4.19. The number of hydrogen-bond acceptors (Lipinski definition) is 1. The summed E-state index contributed by atoms with van der Waals surface area (Å²) < 4.78 is 0. The minimum atomic E-state index is 1.17. The van der Waals surface area contributed by atoms with Crippen molar-refractivity contribution in [1.82, 2.24) is 0 Å². The number of fused-ring (bicyclic) bond motifs is 3. The van der Waals surface area contributed by atoms with Gasteiger partial charge >= 0.3 is 0 Å². The third kappa shape index (κ3) is 2.25. The normalized spacial score (nSPS) is 16.3. The molecule has 106 valence electrons. The van der Waals surface area contributed by atoms with Crippen molar-refractivity contribution < 1.29 is 4.98 Å². The fraction of sp³-hybridized carbons (Fsp3) is 0.316. The molecule has 2 heteroatoms. The van der Waals surface area contributed by atoms with E-state index in [2.05, 4.69) is 58.4 Å². The highest BCUT2D eigenvalue weighted by Gasteiger charge is 2.21. The topological polar surface area (TPSA) is 17.4 Å². The molecule has 1 aromatic heterocycles. The average molecular weight is 277 g/mol. The smallest absolute Gasteiger partial charge is 0.261 e. The molecule has 0 atom stereocenters. The number of para-hydroxylation sites is 1. The van der Waals surface area contributed by atoms with Crippen molar-refractivity contribution in [2.24, 2.45) is 0 Å². The molecule has 2 nitrogen and oxygen atoms in total. The van der Waals surface area contributed by atoms with Crippen LogP contribution in [0.4, 0.5) is 5.82 Å². The summed E-state index contributed by atoms with van der Waals surface area (Å²) in [6.07, 6.45) is 5.33. The van der Waals surface area contributed by atoms with Crippen LogP contribution in [0, 0.1) is 0 Å². The standard InChI is InChI=1S/C19H20N2/c1-2-8-14-21(13-7-1)19-17-11-4-3-9-15(17)16-10-5-6-12-18(16)20-19/h3-6,9-12H,1-2,7-8,13-14H2/p+1. The number of nitrogens with zero attached hydrogens (tertiary/aromatic N) is 1. The lowest BCUT2D eigenvalue weighted by Crippen LogP contribution is -2.30. The van der Waals surface area contributed by atoms with Gasteiger partial charge in [0.2, 0.25) is 0 Å². The first-order valence-corrected chi connectivity index (χ1v) is 8.01. The Balaban J connectivity index is 1.97. The van der Waals surface area contributed by atoms with Gasteiger partial charge in [0.15, 0.2) is 0 Å². The molecule has 1 aliphatic rings. The number of benzene rings is 2. The first-order valence-electron chi connectivity index (χ1n) is 8.01. The molecule has 0 aliphatic carbocycles. The zero-order valence-corrected chi connectivity index (χ0v) is 12.3. The maximum absolute atomic E-state index is 3.69. The second-order valence-corrected chi connectivity index (χ2v) is 5.97. The lowest BCUT2D eigenvalue weighted by Gasteiger charge is -2.16. The van der Waals surface area contributed by atoms with Crippen molar-refractivity contribution >= 4 is 27.5 Å². The largest absolute Gasteiger partial charge is 0.282 e. The van der Waals surface area contributed by atoms with Gasteiger partial charge in [0.1, 0.15) is 5.52 Å². The van der Waals surface area contributed by atoms with Gasteiger partial charge in [0.05, 0.1) is 18.5 Å².